The van der Waals surface area contributed by atoms with Gasteiger partial charge < -0.3 is 9.47 Å². The predicted octanol–water partition coefficient (Wildman–Crippen LogP) is 3.00. The van der Waals surface area contributed by atoms with Crippen LogP contribution in [-0.2, 0) is 4.74 Å². The van der Waals surface area contributed by atoms with Gasteiger partial charge >= 0.3 is 0 Å². The number of hydrogen-bond acceptors (Lipinski definition) is 3. The molecule has 0 spiro atoms. The van der Waals surface area contributed by atoms with Crippen molar-refractivity contribution < 1.29 is 14.3 Å². The Kier molecular flexibility index (Phi) is 5.70. The van der Waals surface area contributed by atoms with Crippen LogP contribution in [0.3, 0.4) is 0 Å². The summed E-state index contributed by atoms with van der Waals surface area (Å²) in [5.41, 5.74) is 1.74. The van der Waals surface area contributed by atoms with Crippen LogP contribution in [0.4, 0.5) is 0 Å². The quantitative estimate of drug-likeness (QED) is 0.539. The zero-order valence-corrected chi connectivity index (χ0v) is 10.8. The van der Waals surface area contributed by atoms with Crippen LogP contribution in [0.5, 0.6) is 5.75 Å². The Morgan fingerprint density at radius 2 is 2.12 bits per heavy atom. The van der Waals surface area contributed by atoms with E-state index in [1.54, 1.807) is 7.11 Å². The molecule has 0 aliphatic heterocycles. The lowest BCUT2D eigenvalue weighted by atomic mass is 10.0. The zero-order valence-electron chi connectivity index (χ0n) is 10.8. The number of ether oxygens (including phenoxy) is 2. The largest absolute Gasteiger partial charge is 0.496 e. The molecule has 0 bridgehead atoms. The number of aryl methyl sites for hydroxylation is 1. The number of benzene rings is 1. The summed E-state index contributed by atoms with van der Waals surface area (Å²) in [7, 11) is 1.58. The summed E-state index contributed by atoms with van der Waals surface area (Å²) in [6.45, 7) is 5.25. The second-order valence-corrected chi connectivity index (χ2v) is 3.93. The van der Waals surface area contributed by atoms with E-state index in [-0.39, 0.29) is 5.78 Å². The van der Waals surface area contributed by atoms with Crippen LogP contribution in [0.1, 0.15) is 35.7 Å². The van der Waals surface area contributed by atoms with Crippen LogP contribution < -0.4 is 4.74 Å². The third kappa shape index (κ3) is 4.19. The fourth-order valence-corrected chi connectivity index (χ4v) is 1.65. The molecule has 0 aliphatic carbocycles. The lowest BCUT2D eigenvalue weighted by Crippen LogP contribution is -2.04. The molecular weight excluding hydrogens is 216 g/mol. The second kappa shape index (κ2) is 7.07. The maximum atomic E-state index is 12.0. The molecule has 0 aliphatic rings. The topological polar surface area (TPSA) is 35.5 Å². The van der Waals surface area contributed by atoms with Gasteiger partial charge in [-0.05, 0) is 32.4 Å². The van der Waals surface area contributed by atoms with Crippen molar-refractivity contribution in [2.75, 3.05) is 20.3 Å². The van der Waals surface area contributed by atoms with E-state index in [1.165, 1.54) is 0 Å². The summed E-state index contributed by atoms with van der Waals surface area (Å²) >= 11 is 0. The first-order valence-corrected chi connectivity index (χ1v) is 5.94. The van der Waals surface area contributed by atoms with Crippen molar-refractivity contribution in [2.45, 2.75) is 26.7 Å². The molecule has 0 amide bonds. The summed E-state index contributed by atoms with van der Waals surface area (Å²) in [4.78, 5) is 12.0. The first-order chi connectivity index (χ1) is 8.19. The van der Waals surface area contributed by atoms with Gasteiger partial charge in [0.15, 0.2) is 5.78 Å². The van der Waals surface area contributed by atoms with Crippen LogP contribution in [0, 0.1) is 6.92 Å². The summed E-state index contributed by atoms with van der Waals surface area (Å²) < 4.78 is 10.4. The van der Waals surface area contributed by atoms with Gasteiger partial charge in [-0.25, -0.2) is 0 Å². The van der Waals surface area contributed by atoms with Crippen LogP contribution in [-0.4, -0.2) is 26.1 Å². The van der Waals surface area contributed by atoms with Gasteiger partial charge in [0.1, 0.15) is 5.75 Å². The van der Waals surface area contributed by atoms with Gasteiger partial charge in [-0.1, -0.05) is 11.6 Å². The Labute approximate surface area is 103 Å². The van der Waals surface area contributed by atoms with Gasteiger partial charge in [-0.2, -0.15) is 0 Å². The van der Waals surface area contributed by atoms with Crippen LogP contribution in [0.15, 0.2) is 18.2 Å². The van der Waals surface area contributed by atoms with E-state index in [0.717, 1.165) is 12.0 Å². The number of carbonyl (C=O) groups excluding carboxylic acids is 1. The smallest absolute Gasteiger partial charge is 0.166 e. The standard InChI is InChI=1S/C14H20O3/c1-4-17-9-5-6-13(15)12-10-11(2)7-8-14(12)16-3/h7-8,10H,4-6,9H2,1-3H3. The highest BCUT2D eigenvalue weighted by molar-refractivity contribution is 5.98. The number of methoxy groups -OCH3 is 1. The Morgan fingerprint density at radius 3 is 2.76 bits per heavy atom. The molecule has 0 unspecified atom stereocenters. The molecule has 0 radical (unpaired) electrons. The van der Waals surface area contributed by atoms with E-state index in [4.69, 9.17) is 9.47 Å². The van der Waals surface area contributed by atoms with Crippen molar-refractivity contribution in [1.29, 1.82) is 0 Å². The molecule has 0 heterocycles. The predicted molar refractivity (Wildman–Crippen MR) is 67.8 cm³/mol. The molecule has 94 valence electrons. The molecule has 0 atom stereocenters. The van der Waals surface area contributed by atoms with Crippen molar-refractivity contribution in [3.8, 4) is 5.75 Å². The molecule has 0 saturated carbocycles. The van der Waals surface area contributed by atoms with E-state index in [0.29, 0.717) is 30.9 Å². The molecule has 0 N–H and O–H groups in total. The molecule has 1 rings (SSSR count). The average molecular weight is 236 g/mol. The fourth-order valence-electron chi connectivity index (χ4n) is 1.65. The number of hydrogen-bond donors (Lipinski definition) is 0. The normalized spacial score (nSPS) is 10.3. The fraction of sp³-hybridized carbons (Fsp3) is 0.500. The SMILES string of the molecule is CCOCCCC(=O)c1cc(C)ccc1OC. The number of rotatable bonds is 7. The van der Waals surface area contributed by atoms with E-state index >= 15 is 0 Å². The van der Waals surface area contributed by atoms with Gasteiger partial charge in [-0.15, -0.1) is 0 Å². The van der Waals surface area contributed by atoms with Crippen molar-refractivity contribution >= 4 is 5.78 Å². The molecule has 0 saturated heterocycles. The molecule has 1 aromatic carbocycles. The van der Waals surface area contributed by atoms with Crippen LogP contribution in [0.2, 0.25) is 0 Å². The van der Waals surface area contributed by atoms with Crippen LogP contribution in [0.25, 0.3) is 0 Å². The van der Waals surface area contributed by atoms with Gasteiger partial charge in [-0.3, -0.25) is 4.79 Å². The molecule has 0 fully saturated rings. The number of carbonyl (C=O) groups is 1. The highest BCUT2D eigenvalue weighted by Gasteiger charge is 2.11. The van der Waals surface area contributed by atoms with Crippen molar-refractivity contribution in [1.82, 2.24) is 0 Å². The monoisotopic (exact) mass is 236 g/mol. The lowest BCUT2D eigenvalue weighted by Gasteiger charge is -2.08. The number of ketones is 1. The van der Waals surface area contributed by atoms with Crippen LogP contribution >= 0.6 is 0 Å². The summed E-state index contributed by atoms with van der Waals surface area (Å²) in [5.74, 6) is 0.766. The van der Waals surface area contributed by atoms with Gasteiger partial charge in [0.25, 0.3) is 0 Å². The maximum absolute atomic E-state index is 12.0. The molecular formula is C14H20O3. The molecule has 3 heteroatoms. The molecule has 17 heavy (non-hydrogen) atoms. The van der Waals surface area contributed by atoms with Crippen molar-refractivity contribution in [2.24, 2.45) is 0 Å². The highest BCUT2D eigenvalue weighted by Crippen LogP contribution is 2.21. The average Bonchev–Trinajstić information content (AvgIpc) is 2.34. The maximum Gasteiger partial charge on any atom is 0.166 e. The third-order valence-corrected chi connectivity index (χ3v) is 2.55. The Bertz CT molecular complexity index is 372. The third-order valence-electron chi connectivity index (χ3n) is 2.55. The van der Waals surface area contributed by atoms with Gasteiger partial charge in [0.05, 0.1) is 12.7 Å². The highest BCUT2D eigenvalue weighted by atomic mass is 16.5. The molecule has 3 nitrogen and oxygen atoms in total. The van der Waals surface area contributed by atoms with E-state index in [1.807, 2.05) is 32.0 Å². The molecule has 1 aromatic rings. The Balaban J connectivity index is 2.64. The zero-order chi connectivity index (χ0) is 12.7. The summed E-state index contributed by atoms with van der Waals surface area (Å²) in [6, 6.07) is 5.66. The molecule has 0 aromatic heterocycles. The minimum Gasteiger partial charge on any atom is -0.496 e. The Morgan fingerprint density at radius 1 is 1.35 bits per heavy atom. The second-order valence-electron chi connectivity index (χ2n) is 3.93. The summed E-state index contributed by atoms with van der Waals surface area (Å²) in [5, 5.41) is 0. The van der Waals surface area contributed by atoms with E-state index in [9.17, 15) is 4.79 Å². The minimum absolute atomic E-state index is 0.116. The Hall–Kier alpha value is -1.35. The number of Topliss-reactive ketones (excluding diaryl/α,β-unsaturated/α-hetero) is 1. The summed E-state index contributed by atoms with van der Waals surface area (Å²) in [6.07, 6.45) is 1.25. The van der Waals surface area contributed by atoms with Gasteiger partial charge in [0.2, 0.25) is 0 Å². The van der Waals surface area contributed by atoms with Crippen molar-refractivity contribution in [3.05, 3.63) is 29.3 Å². The first kappa shape index (κ1) is 13.7. The minimum atomic E-state index is 0.116. The lowest BCUT2D eigenvalue weighted by molar-refractivity contribution is 0.0944. The van der Waals surface area contributed by atoms with E-state index < -0.39 is 0 Å². The van der Waals surface area contributed by atoms with E-state index in [2.05, 4.69) is 0 Å². The van der Waals surface area contributed by atoms with Crippen molar-refractivity contribution in [3.63, 3.8) is 0 Å². The first-order valence-electron chi connectivity index (χ1n) is 5.94. The van der Waals surface area contributed by atoms with Gasteiger partial charge in [0, 0.05) is 19.6 Å².